The lowest BCUT2D eigenvalue weighted by Gasteiger charge is -2.07. The van der Waals surface area contributed by atoms with E-state index in [-0.39, 0.29) is 11.8 Å². The molecule has 7 heteroatoms. The third kappa shape index (κ3) is 2.85. The molecule has 4 N–H and O–H groups in total. The van der Waals surface area contributed by atoms with Crippen LogP contribution in [0.1, 0.15) is 5.69 Å². The Bertz CT molecular complexity index is 489. The minimum absolute atomic E-state index is 0.0820. The highest BCUT2D eigenvalue weighted by Gasteiger charge is 2.05. The lowest BCUT2D eigenvalue weighted by Crippen LogP contribution is -2.13. The van der Waals surface area contributed by atoms with Crippen LogP contribution in [0.25, 0.3) is 0 Å². The number of anilines is 2. The van der Waals surface area contributed by atoms with Crippen molar-refractivity contribution in [3.05, 3.63) is 42.1 Å². The minimum Gasteiger partial charge on any atom is -0.362 e. The van der Waals surface area contributed by atoms with Gasteiger partial charge in [-0.2, -0.15) is 4.98 Å². The Balaban J connectivity index is 2.08. The number of nitrogens with one attached hydrogen (secondary N) is 2. The maximum absolute atomic E-state index is 13.3. The van der Waals surface area contributed by atoms with Crippen molar-refractivity contribution >= 4 is 11.8 Å². The average molecular weight is 234 g/mol. The summed E-state index contributed by atoms with van der Waals surface area (Å²) < 4.78 is 13.3. The summed E-state index contributed by atoms with van der Waals surface area (Å²) >= 11 is 0. The predicted molar refractivity (Wildman–Crippen MR) is 61.4 cm³/mol. The van der Waals surface area contributed by atoms with Crippen LogP contribution in [-0.2, 0) is 6.54 Å². The van der Waals surface area contributed by atoms with E-state index in [2.05, 4.69) is 25.7 Å². The van der Waals surface area contributed by atoms with E-state index >= 15 is 0 Å². The van der Waals surface area contributed by atoms with Gasteiger partial charge in [0.15, 0.2) is 11.6 Å². The van der Waals surface area contributed by atoms with Gasteiger partial charge in [-0.15, -0.1) is 0 Å². The summed E-state index contributed by atoms with van der Waals surface area (Å²) in [5.74, 6) is 4.83. The number of hydrazine groups is 1. The summed E-state index contributed by atoms with van der Waals surface area (Å²) in [5.41, 5.74) is 3.03. The fourth-order valence-corrected chi connectivity index (χ4v) is 1.24. The zero-order valence-corrected chi connectivity index (χ0v) is 8.89. The number of halogens is 1. The third-order valence-electron chi connectivity index (χ3n) is 2.04. The molecule has 0 radical (unpaired) electrons. The topological polar surface area (TPSA) is 88.8 Å². The third-order valence-corrected chi connectivity index (χ3v) is 2.04. The summed E-state index contributed by atoms with van der Waals surface area (Å²) in [6.07, 6.45) is 2.71. The number of nitrogen functional groups attached to an aromatic ring is 1. The van der Waals surface area contributed by atoms with Gasteiger partial charge in [-0.1, -0.05) is 6.07 Å². The van der Waals surface area contributed by atoms with Crippen LogP contribution in [0.3, 0.4) is 0 Å². The van der Waals surface area contributed by atoms with Crippen molar-refractivity contribution < 1.29 is 4.39 Å². The van der Waals surface area contributed by atoms with Gasteiger partial charge in [0.1, 0.15) is 0 Å². The Hall–Kier alpha value is -2.28. The van der Waals surface area contributed by atoms with Gasteiger partial charge in [0.25, 0.3) is 0 Å². The molecule has 2 rings (SSSR count). The molecule has 2 aromatic heterocycles. The van der Waals surface area contributed by atoms with Crippen molar-refractivity contribution in [1.82, 2.24) is 15.0 Å². The van der Waals surface area contributed by atoms with Crippen LogP contribution >= 0.6 is 0 Å². The summed E-state index contributed by atoms with van der Waals surface area (Å²) in [6, 6.07) is 5.49. The fourth-order valence-electron chi connectivity index (χ4n) is 1.24. The smallest absolute Gasteiger partial charge is 0.239 e. The number of hydrogen-bond acceptors (Lipinski definition) is 6. The first kappa shape index (κ1) is 11.2. The Morgan fingerprint density at radius 3 is 2.88 bits per heavy atom. The number of nitrogens with zero attached hydrogens (tertiary/aromatic N) is 3. The quantitative estimate of drug-likeness (QED) is 0.538. The molecule has 17 heavy (non-hydrogen) atoms. The van der Waals surface area contributed by atoms with Crippen LogP contribution in [0, 0.1) is 5.82 Å². The molecule has 0 unspecified atom stereocenters. The fraction of sp³-hybridized carbons (Fsp3) is 0.100. The van der Waals surface area contributed by atoms with Crippen molar-refractivity contribution in [3.63, 3.8) is 0 Å². The zero-order chi connectivity index (χ0) is 12.1. The Labute approximate surface area is 97.1 Å². The molecule has 0 saturated heterocycles. The summed E-state index contributed by atoms with van der Waals surface area (Å²) in [7, 11) is 0. The van der Waals surface area contributed by atoms with Gasteiger partial charge in [0.2, 0.25) is 5.95 Å². The lowest BCUT2D eigenvalue weighted by atomic mass is 10.3. The standard InChI is InChI=1S/C10H11FN6/c11-8-6-15-10(17-12)16-9(8)14-5-7-3-1-2-4-13-7/h1-4,6H,5,12H2,(H2,14,15,16,17). The van der Waals surface area contributed by atoms with Gasteiger partial charge in [0.05, 0.1) is 18.4 Å². The van der Waals surface area contributed by atoms with Crippen LogP contribution < -0.4 is 16.6 Å². The zero-order valence-electron chi connectivity index (χ0n) is 8.89. The van der Waals surface area contributed by atoms with Crippen molar-refractivity contribution in [2.45, 2.75) is 6.54 Å². The van der Waals surface area contributed by atoms with Crippen LogP contribution in [-0.4, -0.2) is 15.0 Å². The first-order valence-electron chi connectivity index (χ1n) is 4.92. The van der Waals surface area contributed by atoms with Gasteiger partial charge < -0.3 is 5.32 Å². The molecule has 0 aliphatic rings. The predicted octanol–water partition coefficient (Wildman–Crippen LogP) is 0.908. The highest BCUT2D eigenvalue weighted by molar-refractivity contribution is 5.40. The van der Waals surface area contributed by atoms with Crippen molar-refractivity contribution in [2.24, 2.45) is 5.84 Å². The number of nitrogens with two attached hydrogens (primary N) is 1. The first-order valence-corrected chi connectivity index (χ1v) is 4.92. The molecule has 0 spiro atoms. The molecule has 2 heterocycles. The van der Waals surface area contributed by atoms with E-state index in [9.17, 15) is 4.39 Å². The maximum Gasteiger partial charge on any atom is 0.239 e. The van der Waals surface area contributed by atoms with Crippen LogP contribution in [0.2, 0.25) is 0 Å². The molecule has 0 bridgehead atoms. The van der Waals surface area contributed by atoms with Crippen LogP contribution in [0.5, 0.6) is 0 Å². The van der Waals surface area contributed by atoms with E-state index in [1.54, 1.807) is 6.20 Å². The Morgan fingerprint density at radius 1 is 1.29 bits per heavy atom. The van der Waals surface area contributed by atoms with E-state index < -0.39 is 5.82 Å². The van der Waals surface area contributed by atoms with Crippen molar-refractivity contribution in [3.8, 4) is 0 Å². The van der Waals surface area contributed by atoms with Crippen molar-refractivity contribution in [1.29, 1.82) is 0 Å². The second kappa shape index (κ2) is 5.17. The molecule has 0 aromatic carbocycles. The van der Waals surface area contributed by atoms with Gasteiger partial charge >= 0.3 is 0 Å². The maximum atomic E-state index is 13.3. The highest BCUT2D eigenvalue weighted by atomic mass is 19.1. The second-order valence-electron chi connectivity index (χ2n) is 3.21. The van der Waals surface area contributed by atoms with Crippen molar-refractivity contribution in [2.75, 3.05) is 10.7 Å². The molecule has 0 atom stereocenters. The molecule has 0 saturated carbocycles. The Kier molecular flexibility index (Phi) is 3.41. The monoisotopic (exact) mass is 234 g/mol. The molecular formula is C10H11FN6. The van der Waals surface area contributed by atoms with Crippen LogP contribution in [0.15, 0.2) is 30.6 Å². The number of aromatic nitrogens is 3. The number of hydrogen-bond donors (Lipinski definition) is 3. The lowest BCUT2D eigenvalue weighted by molar-refractivity contribution is 0.617. The summed E-state index contributed by atoms with van der Waals surface area (Å²) in [4.78, 5) is 11.6. The van der Waals surface area contributed by atoms with Crippen LogP contribution in [0.4, 0.5) is 16.2 Å². The van der Waals surface area contributed by atoms with Gasteiger partial charge in [0, 0.05) is 6.20 Å². The van der Waals surface area contributed by atoms with E-state index in [1.165, 1.54) is 0 Å². The molecule has 0 aliphatic heterocycles. The number of pyridine rings is 1. The molecule has 2 aromatic rings. The summed E-state index contributed by atoms with van der Waals surface area (Å²) in [5, 5.41) is 2.82. The largest absolute Gasteiger partial charge is 0.362 e. The average Bonchev–Trinajstić information content (AvgIpc) is 2.39. The SMILES string of the molecule is NNc1ncc(F)c(NCc2ccccn2)n1. The molecular weight excluding hydrogens is 223 g/mol. The molecule has 0 fully saturated rings. The van der Waals surface area contributed by atoms with Gasteiger partial charge in [-0.05, 0) is 12.1 Å². The first-order chi connectivity index (χ1) is 8.29. The van der Waals surface area contributed by atoms with E-state index in [0.717, 1.165) is 11.9 Å². The Morgan fingerprint density at radius 2 is 2.18 bits per heavy atom. The van der Waals surface area contributed by atoms with Gasteiger partial charge in [-0.25, -0.2) is 15.2 Å². The highest BCUT2D eigenvalue weighted by Crippen LogP contribution is 2.11. The van der Waals surface area contributed by atoms with E-state index in [1.807, 2.05) is 18.2 Å². The normalized spacial score (nSPS) is 10.0. The van der Waals surface area contributed by atoms with E-state index in [4.69, 9.17) is 5.84 Å². The molecule has 6 nitrogen and oxygen atoms in total. The second-order valence-corrected chi connectivity index (χ2v) is 3.21. The number of rotatable bonds is 4. The molecule has 88 valence electrons. The molecule has 0 aliphatic carbocycles. The summed E-state index contributed by atoms with van der Waals surface area (Å²) in [6.45, 7) is 0.374. The minimum atomic E-state index is -0.542. The van der Waals surface area contributed by atoms with Gasteiger partial charge in [-0.3, -0.25) is 10.4 Å². The molecule has 0 amide bonds. The van der Waals surface area contributed by atoms with E-state index in [0.29, 0.717) is 6.54 Å².